The van der Waals surface area contributed by atoms with Crippen LogP contribution in [0.1, 0.15) is 56.7 Å². The molecule has 3 aliphatic carbocycles. The van der Waals surface area contributed by atoms with Gasteiger partial charge in [0.25, 0.3) is 0 Å². The van der Waals surface area contributed by atoms with Gasteiger partial charge in [-0.15, -0.1) is 0 Å². The monoisotopic (exact) mass is 328 g/mol. The van der Waals surface area contributed by atoms with Crippen molar-refractivity contribution >= 4 is 11.7 Å². The molecule has 1 aromatic heterocycles. The van der Waals surface area contributed by atoms with Gasteiger partial charge in [-0.05, 0) is 32.1 Å². The van der Waals surface area contributed by atoms with Gasteiger partial charge in [0.05, 0.1) is 24.2 Å². The summed E-state index contributed by atoms with van der Waals surface area (Å²) in [6.07, 6.45) is 12.1. The van der Waals surface area contributed by atoms with E-state index < -0.39 is 0 Å². The molecule has 4 fully saturated rings. The molecule has 0 unspecified atom stereocenters. The van der Waals surface area contributed by atoms with Crippen LogP contribution in [0.4, 0.5) is 10.5 Å². The summed E-state index contributed by atoms with van der Waals surface area (Å²) in [6, 6.07) is 0.110. The zero-order chi connectivity index (χ0) is 16.1. The van der Waals surface area contributed by atoms with Crippen molar-refractivity contribution in [3.63, 3.8) is 0 Å². The highest BCUT2D eigenvalue weighted by molar-refractivity contribution is 5.89. The third kappa shape index (κ3) is 2.23. The van der Waals surface area contributed by atoms with E-state index in [9.17, 15) is 4.79 Å². The highest BCUT2D eigenvalue weighted by Crippen LogP contribution is 2.60. The number of aromatic nitrogens is 2. The highest BCUT2D eigenvalue weighted by atomic mass is 16.5. The molecule has 5 rings (SSSR count). The van der Waals surface area contributed by atoms with E-state index in [0.29, 0.717) is 23.6 Å². The molecular weight excluding hydrogens is 304 g/mol. The first kappa shape index (κ1) is 14.6. The van der Waals surface area contributed by atoms with Crippen LogP contribution in [-0.4, -0.2) is 34.8 Å². The number of carbonyl (C=O) groups is 1. The van der Waals surface area contributed by atoms with Crippen molar-refractivity contribution in [3.05, 3.63) is 18.2 Å². The lowest BCUT2D eigenvalue weighted by atomic mass is 9.54. The molecule has 3 atom stereocenters. The van der Waals surface area contributed by atoms with E-state index >= 15 is 0 Å². The Hall–Kier alpha value is -1.69. The Labute approximate surface area is 141 Å². The number of ether oxygens (including phenoxy) is 1. The van der Waals surface area contributed by atoms with Crippen LogP contribution in [0.2, 0.25) is 0 Å². The van der Waals surface area contributed by atoms with Gasteiger partial charge in [-0.2, -0.15) is 0 Å². The molecule has 3 saturated carbocycles. The minimum Gasteiger partial charge on any atom is -0.377 e. The lowest BCUT2D eigenvalue weighted by molar-refractivity contribution is -0.125. The van der Waals surface area contributed by atoms with E-state index in [-0.39, 0.29) is 17.5 Å². The smallest absolute Gasteiger partial charge is 0.319 e. The number of nitrogens with one attached hydrogen (secondary N) is 2. The van der Waals surface area contributed by atoms with Crippen LogP contribution < -0.4 is 10.6 Å². The van der Waals surface area contributed by atoms with Crippen molar-refractivity contribution in [1.82, 2.24) is 15.3 Å². The fourth-order valence-electron chi connectivity index (χ4n) is 5.17. The number of anilines is 1. The molecule has 1 aromatic rings. The average molecular weight is 328 g/mol. The zero-order valence-corrected chi connectivity index (χ0v) is 13.8. The van der Waals surface area contributed by atoms with Gasteiger partial charge in [0.2, 0.25) is 0 Å². The molecule has 2 amide bonds. The summed E-state index contributed by atoms with van der Waals surface area (Å²) in [5, 5.41) is 6.13. The standard InChI is InChI=1S/C18H24N4O2/c23-17(21-12-9-19-16(20-10-12)11-3-4-11)22-14-13-5-8-24-15(13)18(14)6-1-2-7-18/h9-11,13-15H,1-8H2,(H2,21,22,23)/t13-,14-,15-/m0/s1. The molecule has 0 radical (unpaired) electrons. The minimum absolute atomic E-state index is 0.139. The lowest BCUT2D eigenvalue weighted by Gasteiger charge is -2.56. The molecule has 1 aliphatic heterocycles. The SMILES string of the molecule is O=C(Nc1cnc(C2CC2)nc1)N[C@H]1[C@@H]2CCO[C@@H]2C12CCCC2. The molecule has 2 N–H and O–H groups in total. The van der Waals surface area contributed by atoms with Gasteiger partial charge in [0.15, 0.2) is 0 Å². The van der Waals surface area contributed by atoms with Crippen molar-refractivity contribution in [2.24, 2.45) is 11.3 Å². The molecule has 0 aromatic carbocycles. The summed E-state index contributed by atoms with van der Waals surface area (Å²) in [4.78, 5) is 21.2. The summed E-state index contributed by atoms with van der Waals surface area (Å²) in [7, 11) is 0. The van der Waals surface area contributed by atoms with Crippen molar-refractivity contribution in [3.8, 4) is 0 Å². The number of fused-ring (bicyclic) bond motifs is 2. The van der Waals surface area contributed by atoms with Gasteiger partial charge in [0, 0.05) is 29.9 Å². The lowest BCUT2D eigenvalue weighted by Crippen LogP contribution is -2.68. The minimum atomic E-state index is -0.139. The predicted octanol–water partition coefficient (Wildman–Crippen LogP) is 2.82. The number of hydrogen-bond donors (Lipinski definition) is 2. The van der Waals surface area contributed by atoms with Crippen LogP contribution in [-0.2, 0) is 4.74 Å². The Morgan fingerprint density at radius 1 is 1.17 bits per heavy atom. The number of urea groups is 1. The molecule has 1 saturated heterocycles. The quantitative estimate of drug-likeness (QED) is 0.894. The van der Waals surface area contributed by atoms with E-state index in [1.165, 1.54) is 38.5 Å². The molecule has 0 bridgehead atoms. The van der Waals surface area contributed by atoms with E-state index in [0.717, 1.165) is 18.9 Å². The zero-order valence-electron chi connectivity index (χ0n) is 13.8. The molecule has 6 nitrogen and oxygen atoms in total. The Kier molecular flexibility index (Phi) is 3.30. The van der Waals surface area contributed by atoms with Gasteiger partial charge < -0.3 is 15.4 Å². The first-order valence-corrected chi connectivity index (χ1v) is 9.27. The maximum atomic E-state index is 12.5. The number of rotatable bonds is 3. The Morgan fingerprint density at radius 3 is 2.62 bits per heavy atom. The maximum absolute atomic E-state index is 12.5. The second-order valence-electron chi connectivity index (χ2n) is 7.86. The van der Waals surface area contributed by atoms with E-state index in [1.54, 1.807) is 12.4 Å². The van der Waals surface area contributed by atoms with Crippen molar-refractivity contribution in [1.29, 1.82) is 0 Å². The van der Waals surface area contributed by atoms with Crippen LogP contribution >= 0.6 is 0 Å². The maximum Gasteiger partial charge on any atom is 0.319 e. The second kappa shape index (κ2) is 5.41. The topological polar surface area (TPSA) is 76.1 Å². The first-order valence-electron chi connectivity index (χ1n) is 9.27. The molecular formula is C18H24N4O2. The number of nitrogens with zero attached hydrogens (tertiary/aromatic N) is 2. The van der Waals surface area contributed by atoms with Gasteiger partial charge in [-0.25, -0.2) is 14.8 Å². The average Bonchev–Trinajstić information content (AvgIpc) is 3.13. The Morgan fingerprint density at radius 2 is 1.92 bits per heavy atom. The van der Waals surface area contributed by atoms with Crippen LogP contribution in [0, 0.1) is 11.3 Å². The molecule has 6 heteroatoms. The summed E-state index contributed by atoms with van der Waals surface area (Å²) in [5.74, 6) is 1.92. The van der Waals surface area contributed by atoms with E-state index in [1.807, 2.05) is 0 Å². The van der Waals surface area contributed by atoms with E-state index in [4.69, 9.17) is 4.74 Å². The second-order valence-corrected chi connectivity index (χ2v) is 7.86. The summed E-state index contributed by atoms with van der Waals surface area (Å²) in [6.45, 7) is 0.841. The molecule has 4 aliphatic rings. The fraction of sp³-hybridized carbons (Fsp3) is 0.722. The first-order chi connectivity index (χ1) is 11.8. The van der Waals surface area contributed by atoms with Gasteiger partial charge in [-0.3, -0.25) is 0 Å². The third-order valence-corrected chi connectivity index (χ3v) is 6.44. The van der Waals surface area contributed by atoms with Gasteiger partial charge in [0.1, 0.15) is 5.82 Å². The normalized spacial score (nSPS) is 33.1. The number of amides is 2. The highest BCUT2D eigenvalue weighted by Gasteiger charge is 2.65. The fourth-order valence-corrected chi connectivity index (χ4v) is 5.17. The Balaban J connectivity index is 1.24. The van der Waals surface area contributed by atoms with Crippen LogP contribution in [0.5, 0.6) is 0 Å². The third-order valence-electron chi connectivity index (χ3n) is 6.44. The predicted molar refractivity (Wildman–Crippen MR) is 88.7 cm³/mol. The molecule has 24 heavy (non-hydrogen) atoms. The largest absolute Gasteiger partial charge is 0.377 e. The summed E-state index contributed by atoms with van der Waals surface area (Å²) in [5.41, 5.74) is 0.848. The number of carbonyl (C=O) groups excluding carboxylic acids is 1. The van der Waals surface area contributed by atoms with E-state index in [2.05, 4.69) is 20.6 Å². The molecule has 2 heterocycles. The number of hydrogen-bond acceptors (Lipinski definition) is 4. The van der Waals surface area contributed by atoms with Crippen molar-refractivity contribution in [2.75, 3.05) is 11.9 Å². The Bertz CT molecular complexity index is 637. The van der Waals surface area contributed by atoms with Crippen LogP contribution in [0.3, 0.4) is 0 Å². The summed E-state index contributed by atoms with van der Waals surface area (Å²) < 4.78 is 5.97. The molecule has 1 spiro atoms. The van der Waals surface area contributed by atoms with Crippen LogP contribution in [0.25, 0.3) is 0 Å². The van der Waals surface area contributed by atoms with Gasteiger partial charge >= 0.3 is 6.03 Å². The van der Waals surface area contributed by atoms with Crippen LogP contribution in [0.15, 0.2) is 12.4 Å². The van der Waals surface area contributed by atoms with Crippen molar-refractivity contribution < 1.29 is 9.53 Å². The van der Waals surface area contributed by atoms with Gasteiger partial charge in [-0.1, -0.05) is 12.8 Å². The van der Waals surface area contributed by atoms with Crippen molar-refractivity contribution in [2.45, 2.75) is 63.0 Å². The molecule has 128 valence electrons. The summed E-state index contributed by atoms with van der Waals surface area (Å²) >= 11 is 0.